The van der Waals surface area contributed by atoms with Gasteiger partial charge in [0.05, 0.1) is 19.8 Å². The van der Waals surface area contributed by atoms with Crippen molar-refractivity contribution in [3.05, 3.63) is 0 Å². The lowest BCUT2D eigenvalue weighted by molar-refractivity contribution is -0.145. The molecular weight excluding hydrogens is 280 g/mol. The minimum Gasteiger partial charge on any atom is -0.465 e. The summed E-state index contributed by atoms with van der Waals surface area (Å²) in [5, 5.41) is 0. The van der Waals surface area contributed by atoms with Crippen LogP contribution in [0, 0.1) is 11.8 Å². The highest BCUT2D eigenvalue weighted by atomic mass is 16.5. The monoisotopic (exact) mass is 316 g/mol. The first-order chi connectivity index (χ1) is 10.6. The Morgan fingerprint density at radius 2 is 1.68 bits per heavy atom. The molecule has 0 aromatic heterocycles. The van der Waals surface area contributed by atoms with Gasteiger partial charge in [-0.2, -0.15) is 0 Å². The fourth-order valence-corrected chi connectivity index (χ4v) is 2.02. The van der Waals surface area contributed by atoms with Crippen molar-refractivity contribution in [1.29, 1.82) is 0 Å². The zero-order valence-electron chi connectivity index (χ0n) is 15.1. The molecule has 132 valence electrons. The number of carbonyl (C=O) groups is 1. The van der Waals surface area contributed by atoms with Gasteiger partial charge < -0.3 is 14.2 Å². The summed E-state index contributed by atoms with van der Waals surface area (Å²) in [7, 11) is 0. The predicted molar refractivity (Wildman–Crippen MR) is 90.0 cm³/mol. The highest BCUT2D eigenvalue weighted by Crippen LogP contribution is 2.12. The Kier molecular flexibility index (Phi) is 14.9. The maximum absolute atomic E-state index is 11.4. The number of carbonyl (C=O) groups excluding carboxylic acids is 1. The number of rotatable bonds is 15. The van der Waals surface area contributed by atoms with Gasteiger partial charge in [0.15, 0.2) is 0 Å². The highest BCUT2D eigenvalue weighted by Gasteiger charge is 2.06. The first-order valence-electron chi connectivity index (χ1n) is 8.91. The van der Waals surface area contributed by atoms with Gasteiger partial charge in [-0.25, -0.2) is 0 Å². The molecule has 0 aliphatic rings. The molecule has 0 spiro atoms. The fraction of sp³-hybridized carbons (Fsp3) is 0.944. The fourth-order valence-electron chi connectivity index (χ4n) is 2.02. The Labute approximate surface area is 136 Å². The summed E-state index contributed by atoms with van der Waals surface area (Å²) in [5.41, 5.74) is 0. The molecule has 4 nitrogen and oxygen atoms in total. The van der Waals surface area contributed by atoms with Gasteiger partial charge in [0, 0.05) is 19.6 Å². The van der Waals surface area contributed by atoms with E-state index in [0.29, 0.717) is 51.1 Å². The van der Waals surface area contributed by atoms with Crippen LogP contribution in [0.1, 0.15) is 66.2 Å². The topological polar surface area (TPSA) is 44.8 Å². The molecule has 0 aliphatic heterocycles. The van der Waals surface area contributed by atoms with Crippen LogP contribution in [0.15, 0.2) is 0 Å². The number of ether oxygens (including phenoxy) is 3. The van der Waals surface area contributed by atoms with Crippen molar-refractivity contribution in [1.82, 2.24) is 0 Å². The van der Waals surface area contributed by atoms with Crippen molar-refractivity contribution in [2.24, 2.45) is 11.8 Å². The molecule has 0 heterocycles. The number of hydrogen-bond donors (Lipinski definition) is 0. The van der Waals surface area contributed by atoms with Gasteiger partial charge in [0.2, 0.25) is 0 Å². The Morgan fingerprint density at radius 1 is 0.955 bits per heavy atom. The SMILES string of the molecule is CCCCC(CC)COCCOCCCC(=O)OCC(C)C. The smallest absolute Gasteiger partial charge is 0.305 e. The molecule has 1 unspecified atom stereocenters. The molecule has 0 aliphatic carbocycles. The average molecular weight is 316 g/mol. The van der Waals surface area contributed by atoms with Crippen LogP contribution in [0.3, 0.4) is 0 Å². The molecule has 0 aromatic carbocycles. The van der Waals surface area contributed by atoms with E-state index in [1.54, 1.807) is 0 Å². The summed E-state index contributed by atoms with van der Waals surface area (Å²) >= 11 is 0. The summed E-state index contributed by atoms with van der Waals surface area (Å²) in [6, 6.07) is 0. The van der Waals surface area contributed by atoms with Crippen LogP contribution in [0.4, 0.5) is 0 Å². The molecule has 4 heteroatoms. The number of hydrogen-bond acceptors (Lipinski definition) is 4. The zero-order valence-corrected chi connectivity index (χ0v) is 15.1. The third kappa shape index (κ3) is 14.3. The van der Waals surface area contributed by atoms with Crippen LogP contribution >= 0.6 is 0 Å². The maximum atomic E-state index is 11.4. The normalized spacial score (nSPS) is 12.6. The van der Waals surface area contributed by atoms with E-state index in [9.17, 15) is 4.79 Å². The van der Waals surface area contributed by atoms with Crippen LogP contribution < -0.4 is 0 Å². The molecule has 0 N–H and O–H groups in total. The molecular formula is C18H36O4. The first-order valence-corrected chi connectivity index (χ1v) is 8.91. The highest BCUT2D eigenvalue weighted by molar-refractivity contribution is 5.69. The minimum atomic E-state index is -0.129. The largest absolute Gasteiger partial charge is 0.465 e. The maximum Gasteiger partial charge on any atom is 0.305 e. The second-order valence-corrected chi connectivity index (χ2v) is 6.28. The molecule has 0 radical (unpaired) electrons. The second-order valence-electron chi connectivity index (χ2n) is 6.28. The second kappa shape index (κ2) is 15.3. The molecule has 0 rings (SSSR count). The van der Waals surface area contributed by atoms with E-state index < -0.39 is 0 Å². The van der Waals surface area contributed by atoms with E-state index in [-0.39, 0.29) is 5.97 Å². The Bertz CT molecular complexity index is 253. The quantitative estimate of drug-likeness (QED) is 0.335. The summed E-state index contributed by atoms with van der Waals surface area (Å²) in [6.45, 7) is 11.7. The summed E-state index contributed by atoms with van der Waals surface area (Å²) in [6.07, 6.45) is 6.11. The van der Waals surface area contributed by atoms with Gasteiger partial charge in [-0.05, 0) is 24.7 Å². The van der Waals surface area contributed by atoms with Gasteiger partial charge in [0.25, 0.3) is 0 Å². The van der Waals surface area contributed by atoms with Crippen molar-refractivity contribution in [3.63, 3.8) is 0 Å². The Hall–Kier alpha value is -0.610. The first kappa shape index (κ1) is 21.4. The van der Waals surface area contributed by atoms with Crippen LogP contribution in [0.25, 0.3) is 0 Å². The summed E-state index contributed by atoms with van der Waals surface area (Å²) in [5.74, 6) is 0.938. The van der Waals surface area contributed by atoms with Crippen LogP contribution in [0.2, 0.25) is 0 Å². The van der Waals surface area contributed by atoms with E-state index in [2.05, 4.69) is 13.8 Å². The van der Waals surface area contributed by atoms with E-state index in [1.165, 1.54) is 25.7 Å². The average Bonchev–Trinajstić information content (AvgIpc) is 2.50. The summed E-state index contributed by atoms with van der Waals surface area (Å²) < 4.78 is 16.2. The number of esters is 1. The lowest BCUT2D eigenvalue weighted by atomic mass is 10.0. The van der Waals surface area contributed by atoms with Crippen molar-refractivity contribution in [3.8, 4) is 0 Å². The van der Waals surface area contributed by atoms with E-state index >= 15 is 0 Å². The molecule has 0 aromatic rings. The van der Waals surface area contributed by atoms with Crippen molar-refractivity contribution >= 4 is 5.97 Å². The van der Waals surface area contributed by atoms with Gasteiger partial charge in [-0.15, -0.1) is 0 Å². The molecule has 0 saturated heterocycles. The van der Waals surface area contributed by atoms with E-state index in [4.69, 9.17) is 14.2 Å². The lowest BCUT2D eigenvalue weighted by Crippen LogP contribution is -2.13. The third-order valence-corrected chi connectivity index (χ3v) is 3.52. The van der Waals surface area contributed by atoms with Gasteiger partial charge in [-0.1, -0.05) is 47.0 Å². The predicted octanol–water partition coefficient (Wildman–Crippen LogP) is 4.22. The lowest BCUT2D eigenvalue weighted by Gasteiger charge is -2.14. The Morgan fingerprint density at radius 3 is 2.32 bits per heavy atom. The van der Waals surface area contributed by atoms with Crippen molar-refractivity contribution in [2.45, 2.75) is 66.2 Å². The molecule has 0 bridgehead atoms. The third-order valence-electron chi connectivity index (χ3n) is 3.52. The minimum absolute atomic E-state index is 0.129. The van der Waals surface area contributed by atoms with Gasteiger partial charge in [-0.3, -0.25) is 4.79 Å². The van der Waals surface area contributed by atoms with E-state index in [0.717, 1.165) is 6.61 Å². The van der Waals surface area contributed by atoms with Crippen molar-refractivity contribution < 1.29 is 19.0 Å². The van der Waals surface area contributed by atoms with Crippen LogP contribution in [-0.4, -0.2) is 39.0 Å². The number of unbranched alkanes of at least 4 members (excludes halogenated alkanes) is 1. The molecule has 22 heavy (non-hydrogen) atoms. The molecule has 0 fully saturated rings. The standard InChI is InChI=1S/C18H36O4/c1-5-7-9-17(6-2)15-21-13-12-20-11-8-10-18(19)22-14-16(3)4/h16-17H,5-15H2,1-4H3. The molecule has 0 amide bonds. The van der Waals surface area contributed by atoms with Gasteiger partial charge in [0.1, 0.15) is 0 Å². The zero-order chi connectivity index (χ0) is 16.6. The molecule has 0 saturated carbocycles. The van der Waals surface area contributed by atoms with Crippen LogP contribution in [-0.2, 0) is 19.0 Å². The van der Waals surface area contributed by atoms with Gasteiger partial charge >= 0.3 is 5.97 Å². The van der Waals surface area contributed by atoms with Crippen LogP contribution in [0.5, 0.6) is 0 Å². The van der Waals surface area contributed by atoms with Crippen molar-refractivity contribution in [2.75, 3.05) is 33.0 Å². The molecule has 1 atom stereocenters. The van der Waals surface area contributed by atoms with E-state index in [1.807, 2.05) is 13.8 Å². The Balaban J connectivity index is 3.34. The summed E-state index contributed by atoms with van der Waals surface area (Å²) in [4.78, 5) is 11.4.